The largest absolute Gasteiger partial charge is 0.365 e. The third-order valence-electron chi connectivity index (χ3n) is 4.30. The van der Waals surface area contributed by atoms with Gasteiger partial charge in [-0.15, -0.1) is 0 Å². The van der Waals surface area contributed by atoms with Crippen LogP contribution in [0.25, 0.3) is 0 Å². The lowest BCUT2D eigenvalue weighted by atomic mass is 10.1. The maximum Gasteiger partial charge on any atom is 0.253 e. The zero-order chi connectivity index (χ0) is 14.9. The highest BCUT2D eigenvalue weighted by Crippen LogP contribution is 2.29. The number of nitrogens with one attached hydrogen (secondary N) is 1. The van der Waals surface area contributed by atoms with Crippen molar-refractivity contribution in [2.75, 3.05) is 24.6 Å². The second kappa shape index (κ2) is 5.55. The molecule has 114 valence electrons. The summed E-state index contributed by atoms with van der Waals surface area (Å²) in [6.45, 7) is 2.53. The fraction of sp³-hybridized carbons (Fsp3) is 0.375. The minimum Gasteiger partial charge on any atom is -0.365 e. The number of aromatic amines is 1. The predicted molar refractivity (Wildman–Crippen MR) is 81.3 cm³/mol. The summed E-state index contributed by atoms with van der Waals surface area (Å²) in [7, 11) is 0. The van der Waals surface area contributed by atoms with Crippen molar-refractivity contribution in [2.24, 2.45) is 0 Å². The molecule has 0 bridgehead atoms. The molecule has 2 fully saturated rings. The van der Waals surface area contributed by atoms with Gasteiger partial charge in [0.1, 0.15) is 12.4 Å². The molecule has 2 aromatic rings. The topological polar surface area (TPSA) is 61.5 Å². The molecular weight excluding hydrogens is 280 g/mol. The smallest absolute Gasteiger partial charge is 0.253 e. The number of hydrogen-bond acceptors (Lipinski definition) is 4. The lowest BCUT2D eigenvalue weighted by Crippen LogP contribution is -2.54. The number of anilines is 1. The van der Waals surface area contributed by atoms with E-state index in [4.69, 9.17) is 4.74 Å². The van der Waals surface area contributed by atoms with Gasteiger partial charge in [-0.25, -0.2) is 4.98 Å². The number of H-pyrrole nitrogens is 1. The molecule has 0 radical (unpaired) electrons. The number of likely N-dealkylation sites (tertiary alicyclic amines) is 1. The van der Waals surface area contributed by atoms with Crippen LogP contribution < -0.4 is 4.90 Å². The van der Waals surface area contributed by atoms with Crippen LogP contribution in [0.1, 0.15) is 5.82 Å². The van der Waals surface area contributed by atoms with E-state index >= 15 is 0 Å². The van der Waals surface area contributed by atoms with Gasteiger partial charge >= 0.3 is 0 Å². The van der Waals surface area contributed by atoms with E-state index < -0.39 is 0 Å². The Bertz CT molecular complexity index is 643. The van der Waals surface area contributed by atoms with Gasteiger partial charge in [0.15, 0.2) is 0 Å². The zero-order valence-electron chi connectivity index (χ0n) is 12.2. The van der Waals surface area contributed by atoms with Crippen LogP contribution in [0.3, 0.4) is 0 Å². The number of hydrogen-bond donors (Lipinski definition) is 1. The first-order valence-electron chi connectivity index (χ1n) is 7.50. The maximum absolute atomic E-state index is 12.3. The molecule has 3 heterocycles. The molecule has 6 heteroatoms. The van der Waals surface area contributed by atoms with Crippen molar-refractivity contribution in [3.63, 3.8) is 0 Å². The minimum absolute atomic E-state index is 0.0345. The van der Waals surface area contributed by atoms with Crippen LogP contribution in [-0.4, -0.2) is 52.6 Å². The van der Waals surface area contributed by atoms with Crippen molar-refractivity contribution in [1.82, 2.24) is 14.9 Å². The molecule has 2 aliphatic rings. The van der Waals surface area contributed by atoms with Gasteiger partial charge in [0.25, 0.3) is 5.91 Å². The molecule has 6 nitrogen and oxygen atoms in total. The normalized spacial score (nSPS) is 25.5. The number of carbonyl (C=O) groups is 1. The average molecular weight is 298 g/mol. The summed E-state index contributed by atoms with van der Waals surface area (Å²) < 4.78 is 5.75. The average Bonchev–Trinajstić information content (AvgIpc) is 3.17. The standard InChI is InChI=1S/C16H18N4O2/c21-16-11-22-14-9-19(10-15-17-6-7-18-15)8-13(14)20(16)12-4-2-1-3-5-12/h1-7,13-14H,8-11H2,(H,17,18). The van der Waals surface area contributed by atoms with Crippen LogP contribution in [0.5, 0.6) is 0 Å². The van der Waals surface area contributed by atoms with E-state index in [1.807, 2.05) is 41.4 Å². The molecule has 0 spiro atoms. The van der Waals surface area contributed by atoms with E-state index in [1.54, 1.807) is 6.20 Å². The van der Waals surface area contributed by atoms with Crippen molar-refractivity contribution in [3.8, 4) is 0 Å². The van der Waals surface area contributed by atoms with Gasteiger partial charge in [-0.1, -0.05) is 18.2 Å². The van der Waals surface area contributed by atoms with Crippen LogP contribution in [-0.2, 0) is 16.1 Å². The molecule has 22 heavy (non-hydrogen) atoms. The highest BCUT2D eigenvalue weighted by atomic mass is 16.5. The summed E-state index contributed by atoms with van der Waals surface area (Å²) >= 11 is 0. The number of carbonyl (C=O) groups excluding carboxylic acids is 1. The minimum atomic E-state index is 0.0345. The number of nitrogens with zero attached hydrogens (tertiary/aromatic N) is 3. The zero-order valence-corrected chi connectivity index (χ0v) is 12.2. The van der Waals surface area contributed by atoms with Gasteiger partial charge < -0.3 is 14.6 Å². The van der Waals surface area contributed by atoms with Gasteiger partial charge in [-0.05, 0) is 12.1 Å². The summed E-state index contributed by atoms with van der Waals surface area (Å²) in [5.41, 5.74) is 0.950. The SMILES string of the molecule is O=C1COC2CN(Cc3ncc[nH]3)CC2N1c1ccccc1. The number of para-hydroxylation sites is 1. The first-order chi connectivity index (χ1) is 10.8. The molecule has 2 unspecified atom stereocenters. The van der Waals surface area contributed by atoms with Crippen LogP contribution >= 0.6 is 0 Å². The van der Waals surface area contributed by atoms with Crippen molar-refractivity contribution < 1.29 is 9.53 Å². The van der Waals surface area contributed by atoms with E-state index in [0.29, 0.717) is 0 Å². The van der Waals surface area contributed by atoms with Crippen molar-refractivity contribution in [2.45, 2.75) is 18.7 Å². The molecule has 0 aliphatic carbocycles. The van der Waals surface area contributed by atoms with Gasteiger partial charge in [0.05, 0.1) is 18.7 Å². The Labute approximate surface area is 128 Å². The van der Waals surface area contributed by atoms with E-state index in [2.05, 4.69) is 14.9 Å². The first-order valence-corrected chi connectivity index (χ1v) is 7.50. The lowest BCUT2D eigenvalue weighted by molar-refractivity contribution is -0.130. The van der Waals surface area contributed by atoms with Crippen molar-refractivity contribution in [1.29, 1.82) is 0 Å². The van der Waals surface area contributed by atoms with Crippen LogP contribution in [0.15, 0.2) is 42.7 Å². The molecule has 1 amide bonds. The highest BCUT2D eigenvalue weighted by molar-refractivity contribution is 5.95. The number of fused-ring (bicyclic) bond motifs is 1. The number of ether oxygens (including phenoxy) is 1. The Balaban J connectivity index is 1.55. The molecular formula is C16H18N4O2. The molecule has 4 rings (SSSR count). The van der Waals surface area contributed by atoms with E-state index in [-0.39, 0.29) is 24.7 Å². The number of morpholine rings is 1. The third kappa shape index (κ3) is 2.40. The van der Waals surface area contributed by atoms with Crippen LogP contribution in [0.2, 0.25) is 0 Å². The van der Waals surface area contributed by atoms with Crippen LogP contribution in [0.4, 0.5) is 5.69 Å². The predicted octanol–water partition coefficient (Wildman–Crippen LogP) is 1.03. The van der Waals surface area contributed by atoms with Gasteiger partial charge in [-0.2, -0.15) is 0 Å². The number of aromatic nitrogens is 2. The van der Waals surface area contributed by atoms with Crippen LogP contribution in [0, 0.1) is 0 Å². The summed E-state index contributed by atoms with van der Waals surface area (Å²) in [6.07, 6.45) is 3.65. The molecule has 0 saturated carbocycles. The van der Waals surface area contributed by atoms with E-state index in [9.17, 15) is 4.79 Å². The second-order valence-corrected chi connectivity index (χ2v) is 5.75. The van der Waals surface area contributed by atoms with Gasteiger partial charge in [0.2, 0.25) is 0 Å². The lowest BCUT2D eigenvalue weighted by Gasteiger charge is -2.36. The maximum atomic E-state index is 12.3. The Hall–Kier alpha value is -2.18. The quantitative estimate of drug-likeness (QED) is 0.919. The molecule has 1 aromatic carbocycles. The van der Waals surface area contributed by atoms with E-state index in [1.165, 1.54) is 0 Å². The molecule has 2 aliphatic heterocycles. The Morgan fingerprint density at radius 2 is 2.14 bits per heavy atom. The van der Waals surface area contributed by atoms with Gasteiger partial charge in [0, 0.05) is 31.2 Å². The van der Waals surface area contributed by atoms with E-state index in [0.717, 1.165) is 31.1 Å². The fourth-order valence-electron chi connectivity index (χ4n) is 3.33. The third-order valence-corrected chi connectivity index (χ3v) is 4.30. The molecule has 2 saturated heterocycles. The summed E-state index contributed by atoms with van der Waals surface area (Å²) in [6, 6.07) is 9.92. The highest BCUT2D eigenvalue weighted by Gasteiger charge is 2.43. The number of rotatable bonds is 3. The summed E-state index contributed by atoms with van der Waals surface area (Å²) in [5, 5.41) is 0. The number of amides is 1. The monoisotopic (exact) mass is 298 g/mol. The fourth-order valence-corrected chi connectivity index (χ4v) is 3.33. The Kier molecular flexibility index (Phi) is 3.40. The van der Waals surface area contributed by atoms with Crippen molar-refractivity contribution in [3.05, 3.63) is 48.5 Å². The molecule has 1 N–H and O–H groups in total. The second-order valence-electron chi connectivity index (χ2n) is 5.75. The number of imidazole rings is 1. The molecule has 2 atom stereocenters. The first kappa shape index (κ1) is 13.5. The van der Waals surface area contributed by atoms with Crippen molar-refractivity contribution >= 4 is 11.6 Å². The Morgan fingerprint density at radius 3 is 2.91 bits per heavy atom. The summed E-state index contributed by atoms with van der Waals surface area (Å²) in [5.74, 6) is 0.975. The Morgan fingerprint density at radius 1 is 1.27 bits per heavy atom. The van der Waals surface area contributed by atoms with Gasteiger partial charge in [-0.3, -0.25) is 9.69 Å². The number of benzene rings is 1. The molecule has 1 aromatic heterocycles. The summed E-state index contributed by atoms with van der Waals surface area (Å²) in [4.78, 5) is 23.9.